The van der Waals surface area contributed by atoms with Gasteiger partial charge in [0.15, 0.2) is 5.82 Å². The highest BCUT2D eigenvalue weighted by molar-refractivity contribution is 7.98. The molecule has 8 aromatic carbocycles. The van der Waals surface area contributed by atoms with Crippen molar-refractivity contribution in [1.82, 2.24) is 0 Å². The van der Waals surface area contributed by atoms with Crippen LogP contribution in [-0.4, -0.2) is 10.7 Å². The van der Waals surface area contributed by atoms with Crippen molar-refractivity contribution >= 4 is 68.6 Å². The number of aliphatic hydroxyl groups is 1. The minimum atomic E-state index is -2.86. The number of ether oxygens (including phenoxy) is 1. The molecule has 0 unspecified atom stereocenters. The summed E-state index contributed by atoms with van der Waals surface area (Å²) in [6.45, 7) is 14.5. The Morgan fingerprint density at radius 2 is 0.914 bits per heavy atom. The second-order valence-electron chi connectivity index (χ2n) is 16.4. The third-order valence-corrected chi connectivity index (χ3v) is 17.3. The van der Waals surface area contributed by atoms with Crippen LogP contribution in [0.2, 0.25) is 0 Å². The number of rotatable bonds is 9. The molecule has 0 heterocycles. The van der Waals surface area contributed by atoms with E-state index in [1.54, 1.807) is 0 Å². The van der Waals surface area contributed by atoms with E-state index in [1.807, 2.05) is 20.8 Å². The summed E-state index contributed by atoms with van der Waals surface area (Å²) in [5, 5.41) is 24.2. The number of benzene rings is 8. The summed E-state index contributed by atoms with van der Waals surface area (Å²) in [5.41, 5.74) is 6.66. The van der Waals surface area contributed by atoms with Gasteiger partial charge in [-0.05, 0) is 124 Å². The van der Waals surface area contributed by atoms with Gasteiger partial charge in [-0.2, -0.15) is 0 Å². The molecular weight excluding hydrogens is 743 g/mol. The van der Waals surface area contributed by atoms with Crippen molar-refractivity contribution in [2.45, 2.75) is 54.1 Å². The summed E-state index contributed by atoms with van der Waals surface area (Å²) in [6, 6.07) is 63.1. The molecule has 0 aliphatic heterocycles. The molecule has 4 heteroatoms. The molecule has 0 radical (unpaired) electrons. The minimum absolute atomic E-state index is 0.0687. The zero-order valence-electron chi connectivity index (χ0n) is 34.5. The molecule has 0 aliphatic rings. The first-order valence-corrected chi connectivity index (χ1v) is 23.2. The summed E-state index contributed by atoms with van der Waals surface area (Å²) < 4.78 is 6.35. The van der Waals surface area contributed by atoms with Gasteiger partial charge in [-0.3, -0.25) is 0 Å². The fourth-order valence-corrected chi connectivity index (χ4v) is 14.3. The van der Waals surface area contributed by atoms with E-state index in [9.17, 15) is 5.11 Å². The summed E-state index contributed by atoms with van der Waals surface area (Å²) in [4.78, 5) is 0. The third-order valence-electron chi connectivity index (χ3n) is 10.9. The second kappa shape index (κ2) is 16.0. The average Bonchev–Trinajstić information content (AvgIpc) is 3.21. The monoisotopic (exact) mass is 793 g/mol. The average molecular weight is 794 g/mol. The molecule has 0 aromatic heterocycles. The van der Waals surface area contributed by atoms with Crippen LogP contribution in [0.15, 0.2) is 182 Å². The number of hydrogen-bond acceptors (Lipinski definition) is 2. The van der Waals surface area contributed by atoms with E-state index in [2.05, 4.69) is 203 Å². The van der Waals surface area contributed by atoms with Gasteiger partial charge < -0.3 is 9.84 Å². The van der Waals surface area contributed by atoms with Crippen LogP contribution in [0.3, 0.4) is 0 Å². The van der Waals surface area contributed by atoms with Crippen molar-refractivity contribution in [3.8, 4) is 11.1 Å². The highest BCUT2D eigenvalue weighted by Gasteiger charge is 2.48. The van der Waals surface area contributed by atoms with E-state index >= 15 is 0 Å². The predicted octanol–water partition coefficient (Wildman–Crippen LogP) is 12.1. The maximum absolute atomic E-state index is 12.1. The van der Waals surface area contributed by atoms with E-state index in [-0.39, 0.29) is 5.95 Å². The van der Waals surface area contributed by atoms with Crippen molar-refractivity contribution in [1.29, 1.82) is 0 Å². The van der Waals surface area contributed by atoms with Crippen LogP contribution in [0, 0.1) is 27.7 Å². The first-order valence-electron chi connectivity index (χ1n) is 20.0. The topological polar surface area (TPSA) is 29.5 Å². The Morgan fingerprint density at radius 3 is 1.38 bits per heavy atom. The van der Waals surface area contributed by atoms with Crippen LogP contribution in [0.25, 0.3) is 32.7 Å². The van der Waals surface area contributed by atoms with Crippen LogP contribution in [0.4, 0.5) is 0 Å². The smallest absolute Gasteiger partial charge is 0.315 e. The maximum atomic E-state index is 12.1. The van der Waals surface area contributed by atoms with E-state index in [1.165, 1.54) is 76.1 Å². The molecule has 8 aromatic rings. The van der Waals surface area contributed by atoms with Crippen molar-refractivity contribution in [3.05, 3.63) is 204 Å². The SMILES string of the molecule is Cc1ccc(P(c2ccc(C)cc2)c2ccc3ccccc3c2-c2c([P+](/C=C(\O)OC(C)(C)C)(c3ccc(C)cc3)c3ccc(C)cc3)ccc3ccccc23)cc1. The first kappa shape index (κ1) is 39.3. The second-order valence-corrected chi connectivity index (χ2v) is 21.8. The number of aliphatic hydroxyl groups excluding tert-OH is 1. The lowest BCUT2D eigenvalue weighted by atomic mass is 9.93. The molecule has 0 fully saturated rings. The van der Waals surface area contributed by atoms with Crippen LogP contribution >= 0.6 is 15.2 Å². The van der Waals surface area contributed by atoms with Crippen molar-refractivity contribution < 1.29 is 9.84 Å². The van der Waals surface area contributed by atoms with E-state index in [0.29, 0.717) is 0 Å². The van der Waals surface area contributed by atoms with E-state index in [0.717, 1.165) is 10.6 Å². The van der Waals surface area contributed by atoms with Crippen molar-refractivity contribution in [3.63, 3.8) is 0 Å². The summed E-state index contributed by atoms with van der Waals surface area (Å²) in [5.74, 6) is 2.00. The fourth-order valence-electron chi connectivity index (χ4n) is 8.05. The van der Waals surface area contributed by atoms with Gasteiger partial charge in [0.1, 0.15) is 28.8 Å². The van der Waals surface area contributed by atoms with E-state index in [4.69, 9.17) is 4.74 Å². The number of fused-ring (bicyclic) bond motifs is 2. The Hall–Kier alpha value is -5.52. The normalized spacial score (nSPS) is 12.4. The van der Waals surface area contributed by atoms with Gasteiger partial charge in [0.2, 0.25) is 0 Å². The lowest BCUT2D eigenvalue weighted by Gasteiger charge is -2.30. The van der Waals surface area contributed by atoms with Gasteiger partial charge in [0.25, 0.3) is 0 Å². The Kier molecular flexibility index (Phi) is 10.9. The van der Waals surface area contributed by atoms with Gasteiger partial charge in [-0.15, -0.1) is 0 Å². The summed E-state index contributed by atoms with van der Waals surface area (Å²) in [7, 11) is -3.88. The van der Waals surface area contributed by atoms with Crippen LogP contribution in [-0.2, 0) is 4.74 Å². The van der Waals surface area contributed by atoms with Crippen molar-refractivity contribution in [2.75, 3.05) is 0 Å². The molecule has 2 nitrogen and oxygen atoms in total. The molecular formula is C54H51O2P2+. The van der Waals surface area contributed by atoms with E-state index < -0.39 is 20.8 Å². The molecule has 1 N–H and O–H groups in total. The highest BCUT2D eigenvalue weighted by atomic mass is 31.2. The maximum Gasteiger partial charge on any atom is 0.315 e. The van der Waals surface area contributed by atoms with Gasteiger partial charge in [0, 0.05) is 11.1 Å². The Balaban J connectivity index is 1.59. The molecule has 0 atom stereocenters. The van der Waals surface area contributed by atoms with Crippen LogP contribution in [0.5, 0.6) is 0 Å². The molecule has 0 bridgehead atoms. The predicted molar refractivity (Wildman–Crippen MR) is 255 cm³/mol. The summed E-state index contributed by atoms with van der Waals surface area (Å²) >= 11 is 0. The Labute approximate surface area is 346 Å². The quantitative estimate of drug-likeness (QED) is 0.117. The lowest BCUT2D eigenvalue weighted by Crippen LogP contribution is -2.33. The molecule has 0 aliphatic carbocycles. The van der Waals surface area contributed by atoms with Gasteiger partial charge in [-0.25, -0.2) is 0 Å². The van der Waals surface area contributed by atoms with Crippen LogP contribution < -0.4 is 31.8 Å². The van der Waals surface area contributed by atoms with Crippen molar-refractivity contribution in [2.24, 2.45) is 0 Å². The van der Waals surface area contributed by atoms with Crippen LogP contribution in [0.1, 0.15) is 43.0 Å². The van der Waals surface area contributed by atoms with Gasteiger partial charge >= 0.3 is 5.95 Å². The standard InChI is InChI=1S/C54H50O2P2/c1-37-16-26-43(27-17-37)57(44-28-18-38(2)19-29-44)49-34-24-41-12-8-10-14-47(41)52(49)53-48-15-11-9-13-42(48)25-35-50(53)58(36-51(55)56-54(5,6)7,45-30-20-39(3)21-31-45)46-32-22-40(4)23-33-46/h8-36H,1-7H3/p+1/b51-36+. The molecule has 0 amide bonds. The highest BCUT2D eigenvalue weighted by Crippen LogP contribution is 2.60. The molecule has 0 saturated heterocycles. The Bertz CT molecular complexity index is 2670. The Morgan fingerprint density at radius 1 is 0.500 bits per heavy atom. The lowest BCUT2D eigenvalue weighted by molar-refractivity contribution is -0.0137. The zero-order chi connectivity index (χ0) is 40.6. The largest absolute Gasteiger partial charge is 0.479 e. The first-order chi connectivity index (χ1) is 27.9. The molecule has 288 valence electrons. The fraction of sp³-hybridized carbons (Fsp3) is 0.148. The number of aryl methyl sites for hydroxylation is 4. The third kappa shape index (κ3) is 7.73. The molecule has 8 rings (SSSR count). The van der Waals surface area contributed by atoms with Gasteiger partial charge in [0.05, 0.1) is 0 Å². The minimum Gasteiger partial charge on any atom is -0.479 e. The zero-order valence-corrected chi connectivity index (χ0v) is 36.3. The molecule has 0 spiro atoms. The molecule has 0 saturated carbocycles. The van der Waals surface area contributed by atoms with Gasteiger partial charge in [-0.1, -0.05) is 162 Å². The number of hydrogen-bond donors (Lipinski definition) is 1. The molecule has 58 heavy (non-hydrogen) atoms. The summed E-state index contributed by atoms with van der Waals surface area (Å²) in [6.07, 6.45) is 0.